The summed E-state index contributed by atoms with van der Waals surface area (Å²) >= 11 is 0. The lowest BCUT2D eigenvalue weighted by Crippen LogP contribution is -2.40. The van der Waals surface area contributed by atoms with Gasteiger partial charge in [-0.25, -0.2) is 0 Å². The van der Waals surface area contributed by atoms with E-state index in [-0.39, 0.29) is 18.0 Å². The van der Waals surface area contributed by atoms with Crippen LogP contribution in [0.3, 0.4) is 0 Å². The van der Waals surface area contributed by atoms with Gasteiger partial charge in [-0.2, -0.15) is 5.10 Å². The Morgan fingerprint density at radius 3 is 2.94 bits per heavy atom. The van der Waals surface area contributed by atoms with Crippen molar-refractivity contribution in [3.05, 3.63) is 11.8 Å². The van der Waals surface area contributed by atoms with E-state index in [0.717, 1.165) is 19.3 Å². The summed E-state index contributed by atoms with van der Waals surface area (Å²) < 4.78 is 0. The summed E-state index contributed by atoms with van der Waals surface area (Å²) in [6, 6.07) is 1.81. The number of aromatic nitrogens is 2. The molecule has 0 spiro atoms. The lowest BCUT2D eigenvalue weighted by molar-refractivity contribution is 0.0868. The molecule has 1 amide bonds. The minimum Gasteiger partial charge on any atom is -0.391 e. The molecule has 0 radical (unpaired) electrons. The van der Waals surface area contributed by atoms with E-state index in [1.54, 1.807) is 6.07 Å². The van der Waals surface area contributed by atoms with Crippen LogP contribution in [-0.2, 0) is 0 Å². The third-order valence-electron chi connectivity index (χ3n) is 3.06. The maximum Gasteiger partial charge on any atom is 0.269 e. The fourth-order valence-electron chi connectivity index (χ4n) is 2.16. The summed E-state index contributed by atoms with van der Waals surface area (Å²) in [7, 11) is 0. The van der Waals surface area contributed by atoms with Gasteiger partial charge in [0.2, 0.25) is 0 Å². The Morgan fingerprint density at radius 1 is 1.56 bits per heavy atom. The van der Waals surface area contributed by atoms with Crippen LogP contribution < -0.4 is 10.6 Å². The maximum atomic E-state index is 11.9. The topological polar surface area (TPSA) is 90.0 Å². The van der Waals surface area contributed by atoms with Gasteiger partial charge >= 0.3 is 0 Å². The van der Waals surface area contributed by atoms with Crippen molar-refractivity contribution in [1.29, 1.82) is 0 Å². The van der Waals surface area contributed by atoms with Crippen molar-refractivity contribution >= 4 is 11.7 Å². The number of hydrogen-bond acceptors (Lipinski definition) is 4. The quantitative estimate of drug-likeness (QED) is 0.640. The molecular weight excluding hydrogens is 232 g/mol. The predicted octanol–water partition coefficient (Wildman–Crippen LogP) is 0.873. The van der Waals surface area contributed by atoms with Crippen LogP contribution in [-0.4, -0.2) is 39.4 Å². The number of anilines is 1. The van der Waals surface area contributed by atoms with E-state index in [9.17, 15) is 9.90 Å². The Hall–Kier alpha value is -1.56. The minimum atomic E-state index is -0.426. The molecule has 2 atom stereocenters. The molecule has 1 aromatic heterocycles. The van der Waals surface area contributed by atoms with E-state index >= 15 is 0 Å². The number of aliphatic hydroxyl groups excluding tert-OH is 1. The van der Waals surface area contributed by atoms with Crippen molar-refractivity contribution in [2.45, 2.75) is 51.3 Å². The van der Waals surface area contributed by atoms with Crippen molar-refractivity contribution in [2.75, 3.05) is 5.32 Å². The van der Waals surface area contributed by atoms with Gasteiger partial charge in [-0.05, 0) is 33.1 Å². The molecule has 1 saturated carbocycles. The Balaban J connectivity index is 1.94. The first-order chi connectivity index (χ1) is 8.56. The summed E-state index contributed by atoms with van der Waals surface area (Å²) in [5, 5.41) is 22.3. The zero-order valence-corrected chi connectivity index (χ0v) is 10.7. The van der Waals surface area contributed by atoms with Crippen LogP contribution in [0.2, 0.25) is 0 Å². The maximum absolute atomic E-state index is 11.9. The summed E-state index contributed by atoms with van der Waals surface area (Å²) in [6.07, 6.45) is 2.12. The fraction of sp³-hybridized carbons (Fsp3) is 0.667. The van der Waals surface area contributed by atoms with Gasteiger partial charge in [0, 0.05) is 12.1 Å². The first-order valence-corrected chi connectivity index (χ1v) is 6.37. The highest BCUT2D eigenvalue weighted by Crippen LogP contribution is 2.19. The lowest BCUT2D eigenvalue weighted by atomic mass is 10.2. The van der Waals surface area contributed by atoms with Crippen LogP contribution in [0.1, 0.15) is 43.6 Å². The van der Waals surface area contributed by atoms with Gasteiger partial charge in [0.25, 0.3) is 5.91 Å². The van der Waals surface area contributed by atoms with E-state index < -0.39 is 6.10 Å². The Morgan fingerprint density at radius 2 is 2.33 bits per heavy atom. The van der Waals surface area contributed by atoms with Gasteiger partial charge in [-0.3, -0.25) is 9.89 Å². The second kappa shape index (κ2) is 5.39. The van der Waals surface area contributed by atoms with Crippen LogP contribution in [0.25, 0.3) is 0 Å². The molecule has 1 aliphatic rings. The Bertz CT molecular complexity index is 416. The van der Waals surface area contributed by atoms with Crippen molar-refractivity contribution in [1.82, 2.24) is 15.5 Å². The van der Waals surface area contributed by atoms with Crippen molar-refractivity contribution in [2.24, 2.45) is 0 Å². The molecule has 0 aromatic carbocycles. The molecule has 0 bridgehead atoms. The smallest absolute Gasteiger partial charge is 0.269 e. The molecule has 6 nitrogen and oxygen atoms in total. The predicted molar refractivity (Wildman–Crippen MR) is 68.5 cm³/mol. The summed E-state index contributed by atoms with van der Waals surface area (Å²) in [5.41, 5.74) is 0.414. The number of aromatic amines is 1. The molecule has 4 N–H and O–H groups in total. The van der Waals surface area contributed by atoms with Crippen LogP contribution in [0.15, 0.2) is 6.07 Å². The number of hydrogen-bond donors (Lipinski definition) is 4. The second-order valence-corrected chi connectivity index (χ2v) is 5.04. The van der Waals surface area contributed by atoms with Crippen LogP contribution >= 0.6 is 0 Å². The number of rotatable bonds is 4. The highest BCUT2D eigenvalue weighted by Gasteiger charge is 2.27. The average Bonchev–Trinajstić information content (AvgIpc) is 2.88. The number of H-pyrrole nitrogens is 1. The molecule has 1 aliphatic carbocycles. The molecule has 0 aliphatic heterocycles. The van der Waals surface area contributed by atoms with E-state index in [0.29, 0.717) is 11.5 Å². The van der Waals surface area contributed by atoms with E-state index in [4.69, 9.17) is 0 Å². The Labute approximate surface area is 106 Å². The Kier molecular flexibility index (Phi) is 3.86. The zero-order valence-electron chi connectivity index (χ0n) is 10.7. The van der Waals surface area contributed by atoms with Gasteiger partial charge in [0.15, 0.2) is 0 Å². The number of carbonyl (C=O) groups excluding carboxylic acids is 1. The van der Waals surface area contributed by atoms with Crippen molar-refractivity contribution < 1.29 is 9.90 Å². The van der Waals surface area contributed by atoms with E-state index in [2.05, 4.69) is 20.8 Å². The van der Waals surface area contributed by atoms with Gasteiger partial charge in [0.1, 0.15) is 11.5 Å². The van der Waals surface area contributed by atoms with Crippen molar-refractivity contribution in [3.8, 4) is 0 Å². The summed E-state index contributed by atoms with van der Waals surface area (Å²) in [4.78, 5) is 11.9. The molecule has 18 heavy (non-hydrogen) atoms. The highest BCUT2D eigenvalue weighted by atomic mass is 16.3. The fourth-order valence-corrected chi connectivity index (χ4v) is 2.16. The first-order valence-electron chi connectivity index (χ1n) is 6.37. The molecule has 1 aromatic rings. The van der Waals surface area contributed by atoms with Crippen molar-refractivity contribution in [3.63, 3.8) is 0 Å². The molecule has 0 unspecified atom stereocenters. The second-order valence-electron chi connectivity index (χ2n) is 5.04. The number of aliphatic hydroxyl groups is 1. The molecular formula is C12H20N4O2. The van der Waals surface area contributed by atoms with Gasteiger partial charge in [0.05, 0.1) is 12.1 Å². The average molecular weight is 252 g/mol. The lowest BCUT2D eigenvalue weighted by Gasteiger charge is -2.15. The summed E-state index contributed by atoms with van der Waals surface area (Å²) in [6.45, 7) is 4.01. The standard InChI is InChI=1S/C12H20N4O2/c1-7(2)13-11-6-9(15-16-11)12(18)14-8-4-3-5-10(8)17/h6-8,10,17H,3-5H2,1-2H3,(H,14,18)(H2,13,15,16)/t8-,10+/m1/s1. The first kappa shape index (κ1) is 12.9. The monoisotopic (exact) mass is 252 g/mol. The number of carbonyl (C=O) groups is 1. The molecule has 1 fully saturated rings. The highest BCUT2D eigenvalue weighted by molar-refractivity contribution is 5.93. The molecule has 6 heteroatoms. The van der Waals surface area contributed by atoms with E-state index in [1.807, 2.05) is 13.8 Å². The number of amides is 1. The third kappa shape index (κ3) is 3.01. The van der Waals surface area contributed by atoms with Gasteiger partial charge < -0.3 is 15.7 Å². The van der Waals surface area contributed by atoms with Gasteiger partial charge in [-0.15, -0.1) is 0 Å². The molecule has 100 valence electrons. The number of nitrogens with zero attached hydrogens (tertiary/aromatic N) is 1. The van der Waals surface area contributed by atoms with E-state index in [1.165, 1.54) is 0 Å². The number of nitrogens with one attached hydrogen (secondary N) is 3. The molecule has 2 rings (SSSR count). The normalized spacial score (nSPS) is 23.3. The zero-order chi connectivity index (χ0) is 13.1. The minimum absolute atomic E-state index is 0.137. The molecule has 1 heterocycles. The third-order valence-corrected chi connectivity index (χ3v) is 3.06. The van der Waals surface area contributed by atoms with Gasteiger partial charge in [-0.1, -0.05) is 0 Å². The van der Waals surface area contributed by atoms with Crippen LogP contribution in [0.4, 0.5) is 5.82 Å². The summed E-state index contributed by atoms with van der Waals surface area (Å²) in [5.74, 6) is 0.437. The SMILES string of the molecule is CC(C)Nc1cc(C(=O)N[C@@H]2CCC[C@@H]2O)[nH]n1. The van der Waals surface area contributed by atoms with Crippen LogP contribution in [0.5, 0.6) is 0 Å². The van der Waals surface area contributed by atoms with Crippen LogP contribution in [0, 0.1) is 0 Å². The largest absolute Gasteiger partial charge is 0.391 e. The molecule has 0 saturated heterocycles.